The van der Waals surface area contributed by atoms with Crippen LogP contribution in [0.2, 0.25) is 0 Å². The molecule has 2 aromatic carbocycles. The van der Waals surface area contributed by atoms with Crippen LogP contribution in [0.5, 0.6) is 0 Å². The number of urea groups is 1. The molecule has 0 aromatic heterocycles. The predicted molar refractivity (Wildman–Crippen MR) is 99.8 cm³/mol. The van der Waals surface area contributed by atoms with Crippen molar-refractivity contribution in [2.45, 2.75) is 16.7 Å². The maximum absolute atomic E-state index is 13.8. The summed E-state index contributed by atoms with van der Waals surface area (Å²) in [6.45, 7) is 1.07. The monoisotopic (exact) mass is 376 g/mol. The Labute approximate surface area is 156 Å². The van der Waals surface area contributed by atoms with Crippen molar-refractivity contribution >= 4 is 23.5 Å². The third kappa shape index (κ3) is 4.55. The van der Waals surface area contributed by atoms with Crippen LogP contribution in [-0.4, -0.2) is 48.4 Å². The van der Waals surface area contributed by atoms with Crippen LogP contribution >= 0.6 is 11.8 Å². The van der Waals surface area contributed by atoms with Gasteiger partial charge in [-0.2, -0.15) is 0 Å². The first kappa shape index (κ1) is 18.7. The van der Waals surface area contributed by atoms with Gasteiger partial charge in [-0.1, -0.05) is 30.3 Å². The normalized spacial score (nSPS) is 17.2. The first-order chi connectivity index (χ1) is 12.7. The van der Waals surface area contributed by atoms with Crippen molar-refractivity contribution in [2.24, 2.45) is 0 Å². The van der Waals surface area contributed by atoms with Gasteiger partial charge in [0.2, 0.25) is 0 Å². The molecule has 1 heterocycles. The highest BCUT2D eigenvalue weighted by atomic mass is 32.2. The van der Waals surface area contributed by atoms with E-state index in [2.05, 4.69) is 5.32 Å². The molecule has 1 atom stereocenters. The topological polar surface area (TPSA) is 61.8 Å². The van der Waals surface area contributed by atoms with Gasteiger partial charge in [0.25, 0.3) is 0 Å². The van der Waals surface area contributed by atoms with Crippen LogP contribution in [0.4, 0.5) is 14.9 Å². The van der Waals surface area contributed by atoms with Crippen molar-refractivity contribution in [1.82, 2.24) is 4.90 Å². The van der Waals surface area contributed by atoms with Crippen LogP contribution in [0.1, 0.15) is 5.56 Å². The average molecular weight is 376 g/mol. The first-order valence-corrected chi connectivity index (χ1v) is 9.39. The zero-order chi connectivity index (χ0) is 18.4. The van der Waals surface area contributed by atoms with Gasteiger partial charge in [0, 0.05) is 17.2 Å². The van der Waals surface area contributed by atoms with Gasteiger partial charge in [0.15, 0.2) is 0 Å². The summed E-state index contributed by atoms with van der Waals surface area (Å²) in [5.74, 6) is 0.233. The minimum Gasteiger partial charge on any atom is -0.394 e. The van der Waals surface area contributed by atoms with E-state index >= 15 is 0 Å². The van der Waals surface area contributed by atoms with E-state index < -0.39 is 0 Å². The predicted octanol–water partition coefficient (Wildman–Crippen LogP) is 3.34. The van der Waals surface area contributed by atoms with Gasteiger partial charge in [-0.3, -0.25) is 0 Å². The number of anilines is 1. The molecular formula is C19H21FN2O3S. The summed E-state index contributed by atoms with van der Waals surface area (Å²) in [6, 6.07) is 13.5. The molecule has 1 aliphatic heterocycles. The number of benzene rings is 2. The Morgan fingerprint density at radius 1 is 1.27 bits per heavy atom. The molecule has 26 heavy (non-hydrogen) atoms. The number of morpholine rings is 1. The Bertz CT molecular complexity index is 759. The summed E-state index contributed by atoms with van der Waals surface area (Å²) in [5, 5.41) is 12.3. The molecule has 7 heteroatoms. The molecule has 3 rings (SSSR count). The van der Waals surface area contributed by atoms with Gasteiger partial charge in [0.1, 0.15) is 5.82 Å². The molecule has 138 valence electrons. The molecule has 0 spiro atoms. The van der Waals surface area contributed by atoms with Crippen molar-refractivity contribution in [2.75, 3.05) is 31.7 Å². The van der Waals surface area contributed by atoms with E-state index in [0.29, 0.717) is 36.8 Å². The van der Waals surface area contributed by atoms with Crippen molar-refractivity contribution in [3.05, 3.63) is 59.9 Å². The minimum absolute atomic E-state index is 0.142. The summed E-state index contributed by atoms with van der Waals surface area (Å²) in [4.78, 5) is 15.0. The van der Waals surface area contributed by atoms with E-state index in [-0.39, 0.29) is 24.5 Å². The maximum atomic E-state index is 13.8. The van der Waals surface area contributed by atoms with Crippen LogP contribution in [0.3, 0.4) is 0 Å². The number of thioether (sulfide) groups is 1. The molecule has 0 saturated carbocycles. The molecule has 5 nitrogen and oxygen atoms in total. The summed E-state index contributed by atoms with van der Waals surface area (Å²) >= 11 is 1.46. The summed E-state index contributed by atoms with van der Waals surface area (Å²) in [5.41, 5.74) is 1.29. The van der Waals surface area contributed by atoms with Crippen molar-refractivity contribution < 1.29 is 19.0 Å². The van der Waals surface area contributed by atoms with E-state index in [1.807, 2.05) is 24.3 Å². The maximum Gasteiger partial charge on any atom is 0.322 e. The fraction of sp³-hybridized carbons (Fsp3) is 0.316. The third-order valence-electron chi connectivity index (χ3n) is 4.17. The number of hydrogen-bond donors (Lipinski definition) is 2. The van der Waals surface area contributed by atoms with Gasteiger partial charge in [-0.25, -0.2) is 9.18 Å². The number of halogens is 1. The number of rotatable bonds is 5. The molecule has 0 radical (unpaired) electrons. The molecule has 1 aliphatic rings. The van der Waals surface area contributed by atoms with Gasteiger partial charge in [-0.15, -0.1) is 11.8 Å². The van der Waals surface area contributed by atoms with Crippen molar-refractivity contribution in [3.8, 4) is 0 Å². The Kier molecular flexibility index (Phi) is 6.49. The standard InChI is InChI=1S/C19H21FN2O3S/c20-16-6-2-1-5-14(16)13-26-18-8-4-3-7-17(18)21-19(24)22-9-10-25-12-15(22)11-23/h1-8,15,23H,9-13H2,(H,21,24). The fourth-order valence-electron chi connectivity index (χ4n) is 2.73. The second-order valence-electron chi connectivity index (χ2n) is 5.91. The molecular weight excluding hydrogens is 355 g/mol. The number of para-hydroxylation sites is 1. The van der Waals surface area contributed by atoms with Crippen LogP contribution in [0.15, 0.2) is 53.4 Å². The number of aliphatic hydroxyl groups is 1. The zero-order valence-electron chi connectivity index (χ0n) is 14.2. The van der Waals surface area contributed by atoms with Gasteiger partial charge in [0.05, 0.1) is 31.5 Å². The lowest BCUT2D eigenvalue weighted by molar-refractivity contribution is -0.00485. The van der Waals surface area contributed by atoms with Gasteiger partial charge >= 0.3 is 6.03 Å². The number of hydrogen-bond acceptors (Lipinski definition) is 4. The van der Waals surface area contributed by atoms with E-state index in [0.717, 1.165) is 4.90 Å². The molecule has 2 amide bonds. The number of nitrogens with one attached hydrogen (secondary N) is 1. The Morgan fingerprint density at radius 3 is 2.85 bits per heavy atom. The quantitative estimate of drug-likeness (QED) is 0.786. The third-order valence-corrected chi connectivity index (χ3v) is 5.29. The summed E-state index contributed by atoms with van der Waals surface area (Å²) < 4.78 is 19.1. The minimum atomic E-state index is -0.345. The molecule has 2 N–H and O–H groups in total. The average Bonchev–Trinajstić information content (AvgIpc) is 2.68. The van der Waals surface area contributed by atoms with Crippen LogP contribution < -0.4 is 5.32 Å². The van der Waals surface area contributed by atoms with Crippen LogP contribution in [-0.2, 0) is 10.5 Å². The van der Waals surface area contributed by atoms with Gasteiger partial charge < -0.3 is 20.1 Å². The van der Waals surface area contributed by atoms with E-state index in [9.17, 15) is 14.3 Å². The second-order valence-corrected chi connectivity index (χ2v) is 6.93. The Balaban J connectivity index is 1.68. The fourth-order valence-corrected chi connectivity index (χ4v) is 3.72. The number of nitrogens with zero attached hydrogens (tertiary/aromatic N) is 1. The molecule has 1 fully saturated rings. The first-order valence-electron chi connectivity index (χ1n) is 8.40. The second kappa shape index (κ2) is 9.02. The molecule has 1 unspecified atom stereocenters. The highest BCUT2D eigenvalue weighted by Gasteiger charge is 2.27. The number of carbonyl (C=O) groups excluding carboxylic acids is 1. The molecule has 0 aliphatic carbocycles. The lowest BCUT2D eigenvalue weighted by atomic mass is 10.2. The molecule has 0 bridgehead atoms. The number of amides is 2. The van der Waals surface area contributed by atoms with E-state index in [1.54, 1.807) is 23.1 Å². The molecule has 2 aromatic rings. The summed E-state index contributed by atoms with van der Waals surface area (Å²) in [7, 11) is 0. The van der Waals surface area contributed by atoms with Gasteiger partial charge in [-0.05, 0) is 23.8 Å². The van der Waals surface area contributed by atoms with E-state index in [4.69, 9.17) is 4.74 Å². The van der Waals surface area contributed by atoms with Crippen molar-refractivity contribution in [3.63, 3.8) is 0 Å². The van der Waals surface area contributed by atoms with Crippen molar-refractivity contribution in [1.29, 1.82) is 0 Å². The number of aliphatic hydroxyl groups excluding tert-OH is 1. The highest BCUT2D eigenvalue weighted by molar-refractivity contribution is 7.98. The Hall–Kier alpha value is -2.09. The molecule has 1 saturated heterocycles. The summed E-state index contributed by atoms with van der Waals surface area (Å²) in [6.07, 6.45) is 0. The van der Waals surface area contributed by atoms with Crippen LogP contribution in [0.25, 0.3) is 0 Å². The SMILES string of the molecule is O=C(Nc1ccccc1SCc1ccccc1F)N1CCOCC1CO. The highest BCUT2D eigenvalue weighted by Crippen LogP contribution is 2.30. The lowest BCUT2D eigenvalue weighted by Gasteiger charge is -2.34. The number of ether oxygens (including phenoxy) is 1. The zero-order valence-corrected chi connectivity index (χ0v) is 15.0. The Morgan fingerprint density at radius 2 is 2.04 bits per heavy atom. The largest absolute Gasteiger partial charge is 0.394 e. The van der Waals surface area contributed by atoms with Crippen LogP contribution in [0, 0.1) is 5.82 Å². The lowest BCUT2D eigenvalue weighted by Crippen LogP contribution is -2.52. The smallest absolute Gasteiger partial charge is 0.322 e. The number of carbonyl (C=O) groups is 1. The van der Waals surface area contributed by atoms with E-state index in [1.165, 1.54) is 17.8 Å².